The van der Waals surface area contributed by atoms with E-state index in [0.29, 0.717) is 5.56 Å². The van der Waals surface area contributed by atoms with Gasteiger partial charge in [0.25, 0.3) is 5.91 Å². The van der Waals surface area contributed by atoms with Crippen LogP contribution in [0.4, 0.5) is 0 Å². The molecule has 1 atom stereocenters. The Hall–Kier alpha value is -2.18. The van der Waals surface area contributed by atoms with E-state index in [9.17, 15) is 14.7 Å². The Morgan fingerprint density at radius 2 is 1.90 bits per heavy atom. The highest BCUT2D eigenvalue weighted by Crippen LogP contribution is 2.14. The number of rotatable bonds is 6. The van der Waals surface area contributed by atoms with E-state index < -0.39 is 6.10 Å². The summed E-state index contributed by atoms with van der Waals surface area (Å²) in [6, 6.07) is 10.5. The van der Waals surface area contributed by atoms with Gasteiger partial charge in [-0.15, -0.1) is 0 Å². The smallest absolute Gasteiger partial charge is 0.251 e. The molecule has 0 aliphatic heterocycles. The van der Waals surface area contributed by atoms with Crippen LogP contribution in [0.1, 0.15) is 22.0 Å². The second-order valence-corrected chi connectivity index (χ2v) is 5.21. The van der Waals surface area contributed by atoms with E-state index >= 15 is 0 Å². The highest BCUT2D eigenvalue weighted by atomic mass is 32.1. The van der Waals surface area contributed by atoms with E-state index in [2.05, 4.69) is 10.6 Å². The normalized spacial score (nSPS) is 11.7. The largest absolute Gasteiger partial charge is 0.387 e. The minimum atomic E-state index is -0.731. The standard InChI is InChI=1S/C15H16N2O3S/c18-13(12-6-7-21-10-12)8-16-14(19)9-17-15(20)11-4-2-1-3-5-11/h1-7,10,13,18H,8-9H2,(H,16,19)(H,17,20). The van der Waals surface area contributed by atoms with E-state index in [0.717, 1.165) is 5.56 Å². The van der Waals surface area contributed by atoms with Crippen LogP contribution < -0.4 is 10.6 Å². The first kappa shape index (κ1) is 15.2. The van der Waals surface area contributed by atoms with Gasteiger partial charge in [-0.3, -0.25) is 9.59 Å². The number of amides is 2. The number of nitrogens with one attached hydrogen (secondary N) is 2. The molecule has 3 N–H and O–H groups in total. The topological polar surface area (TPSA) is 78.4 Å². The number of aliphatic hydroxyl groups excluding tert-OH is 1. The summed E-state index contributed by atoms with van der Waals surface area (Å²) in [6.45, 7) is 0.000852. The summed E-state index contributed by atoms with van der Waals surface area (Å²) in [6.07, 6.45) is -0.731. The lowest BCUT2D eigenvalue weighted by Gasteiger charge is -2.11. The highest BCUT2D eigenvalue weighted by molar-refractivity contribution is 7.07. The maximum absolute atomic E-state index is 11.7. The van der Waals surface area contributed by atoms with Crippen LogP contribution >= 0.6 is 11.3 Å². The molecule has 6 heteroatoms. The predicted octanol–water partition coefficient (Wildman–Crippen LogP) is 1.33. The fraction of sp³-hybridized carbons (Fsp3) is 0.200. The Bertz CT molecular complexity index is 584. The average Bonchev–Trinajstić information content (AvgIpc) is 3.05. The van der Waals surface area contributed by atoms with Crippen LogP contribution in [-0.4, -0.2) is 30.0 Å². The van der Waals surface area contributed by atoms with Crippen molar-refractivity contribution in [1.29, 1.82) is 0 Å². The molecule has 1 aromatic carbocycles. The molecular formula is C15H16N2O3S. The molecule has 0 spiro atoms. The van der Waals surface area contributed by atoms with Gasteiger partial charge in [-0.25, -0.2) is 0 Å². The molecule has 1 heterocycles. The molecule has 5 nitrogen and oxygen atoms in total. The Kier molecular flexibility index (Phi) is 5.48. The van der Waals surface area contributed by atoms with Gasteiger partial charge in [-0.1, -0.05) is 18.2 Å². The molecule has 2 aromatic rings. The van der Waals surface area contributed by atoms with Crippen molar-refractivity contribution in [3.8, 4) is 0 Å². The van der Waals surface area contributed by atoms with Gasteiger partial charge in [0.05, 0.1) is 12.6 Å². The summed E-state index contributed by atoms with van der Waals surface area (Å²) in [5.41, 5.74) is 1.28. The molecular weight excluding hydrogens is 288 g/mol. The lowest BCUT2D eigenvalue weighted by molar-refractivity contribution is -0.120. The van der Waals surface area contributed by atoms with Crippen LogP contribution in [0.2, 0.25) is 0 Å². The molecule has 0 bridgehead atoms. The first-order valence-electron chi connectivity index (χ1n) is 6.47. The van der Waals surface area contributed by atoms with Crippen molar-refractivity contribution >= 4 is 23.2 Å². The van der Waals surface area contributed by atoms with Crippen LogP contribution in [0, 0.1) is 0 Å². The van der Waals surface area contributed by atoms with Gasteiger partial charge in [0.2, 0.25) is 5.91 Å². The summed E-state index contributed by atoms with van der Waals surface area (Å²) in [4.78, 5) is 23.4. The van der Waals surface area contributed by atoms with Crippen LogP contribution in [0.25, 0.3) is 0 Å². The molecule has 0 saturated carbocycles. The van der Waals surface area contributed by atoms with Gasteiger partial charge >= 0.3 is 0 Å². The fourth-order valence-electron chi connectivity index (χ4n) is 1.71. The van der Waals surface area contributed by atoms with Crippen molar-refractivity contribution in [2.45, 2.75) is 6.10 Å². The predicted molar refractivity (Wildman–Crippen MR) is 81.1 cm³/mol. The molecule has 0 radical (unpaired) electrons. The Balaban J connectivity index is 1.71. The minimum Gasteiger partial charge on any atom is -0.387 e. The third-order valence-electron chi connectivity index (χ3n) is 2.87. The Labute approximate surface area is 126 Å². The Morgan fingerprint density at radius 3 is 2.57 bits per heavy atom. The Morgan fingerprint density at radius 1 is 1.14 bits per heavy atom. The number of aliphatic hydroxyl groups is 1. The molecule has 0 aliphatic carbocycles. The number of thiophene rings is 1. The monoisotopic (exact) mass is 304 g/mol. The molecule has 2 rings (SSSR count). The molecule has 0 aliphatic rings. The van der Waals surface area contributed by atoms with Crippen molar-refractivity contribution in [2.24, 2.45) is 0 Å². The maximum Gasteiger partial charge on any atom is 0.251 e. The number of carbonyl (C=O) groups excluding carboxylic acids is 2. The lowest BCUT2D eigenvalue weighted by atomic mass is 10.2. The number of benzene rings is 1. The number of hydrogen-bond acceptors (Lipinski definition) is 4. The summed E-state index contributed by atoms with van der Waals surface area (Å²) in [7, 11) is 0. The molecule has 2 amide bonds. The van der Waals surface area contributed by atoms with Crippen molar-refractivity contribution in [3.05, 3.63) is 58.3 Å². The average molecular weight is 304 g/mol. The van der Waals surface area contributed by atoms with E-state index in [-0.39, 0.29) is 24.9 Å². The third-order valence-corrected chi connectivity index (χ3v) is 3.57. The zero-order valence-electron chi connectivity index (χ0n) is 11.3. The summed E-state index contributed by atoms with van der Waals surface area (Å²) in [5.74, 6) is -0.641. The molecule has 1 aromatic heterocycles. The first-order valence-corrected chi connectivity index (χ1v) is 7.41. The minimum absolute atomic E-state index is 0.121. The quantitative estimate of drug-likeness (QED) is 0.753. The lowest BCUT2D eigenvalue weighted by Crippen LogP contribution is -2.38. The van der Waals surface area contributed by atoms with Crippen molar-refractivity contribution in [3.63, 3.8) is 0 Å². The molecule has 1 unspecified atom stereocenters. The van der Waals surface area contributed by atoms with Crippen molar-refractivity contribution in [1.82, 2.24) is 10.6 Å². The van der Waals surface area contributed by atoms with Gasteiger partial charge in [0.1, 0.15) is 0 Å². The molecule has 110 valence electrons. The van der Waals surface area contributed by atoms with E-state index in [1.54, 1.807) is 30.3 Å². The summed E-state index contributed by atoms with van der Waals surface area (Å²) in [5, 5.41) is 18.6. The number of hydrogen-bond donors (Lipinski definition) is 3. The highest BCUT2D eigenvalue weighted by Gasteiger charge is 2.11. The van der Waals surface area contributed by atoms with Gasteiger partial charge in [-0.05, 0) is 34.5 Å². The van der Waals surface area contributed by atoms with Crippen LogP contribution in [0.15, 0.2) is 47.2 Å². The first-order chi connectivity index (χ1) is 10.2. The van der Waals surface area contributed by atoms with Crippen LogP contribution in [0.3, 0.4) is 0 Å². The van der Waals surface area contributed by atoms with Crippen molar-refractivity contribution < 1.29 is 14.7 Å². The van der Waals surface area contributed by atoms with Crippen LogP contribution in [0.5, 0.6) is 0 Å². The van der Waals surface area contributed by atoms with E-state index in [1.807, 2.05) is 16.8 Å². The zero-order valence-corrected chi connectivity index (χ0v) is 12.1. The van der Waals surface area contributed by atoms with Crippen molar-refractivity contribution in [2.75, 3.05) is 13.1 Å². The second kappa shape index (κ2) is 7.56. The van der Waals surface area contributed by atoms with Gasteiger partial charge in [0, 0.05) is 12.1 Å². The SMILES string of the molecule is O=C(CNC(=O)c1ccccc1)NCC(O)c1ccsc1. The van der Waals surface area contributed by atoms with E-state index in [1.165, 1.54) is 11.3 Å². The van der Waals surface area contributed by atoms with Gasteiger partial charge in [-0.2, -0.15) is 11.3 Å². The maximum atomic E-state index is 11.7. The molecule has 0 fully saturated rings. The summed E-state index contributed by atoms with van der Waals surface area (Å²) >= 11 is 1.48. The van der Waals surface area contributed by atoms with E-state index in [4.69, 9.17) is 0 Å². The van der Waals surface area contributed by atoms with Gasteiger partial charge < -0.3 is 15.7 Å². The zero-order chi connectivity index (χ0) is 15.1. The third kappa shape index (κ3) is 4.70. The molecule has 21 heavy (non-hydrogen) atoms. The van der Waals surface area contributed by atoms with Crippen LogP contribution in [-0.2, 0) is 4.79 Å². The fourth-order valence-corrected chi connectivity index (χ4v) is 2.41. The second-order valence-electron chi connectivity index (χ2n) is 4.43. The molecule has 0 saturated heterocycles. The van der Waals surface area contributed by atoms with Gasteiger partial charge in [0.15, 0.2) is 0 Å². The summed E-state index contributed by atoms with van der Waals surface area (Å²) < 4.78 is 0. The number of carbonyl (C=O) groups is 2.